The summed E-state index contributed by atoms with van der Waals surface area (Å²) < 4.78 is 28.0. The third-order valence-corrected chi connectivity index (χ3v) is 7.72. The van der Waals surface area contributed by atoms with Crippen molar-refractivity contribution in [3.63, 3.8) is 0 Å². The number of carbonyl (C=O) groups is 2. The van der Waals surface area contributed by atoms with Gasteiger partial charge >= 0.3 is 0 Å². The Labute approximate surface area is 197 Å². The van der Waals surface area contributed by atoms with Crippen LogP contribution in [0.25, 0.3) is 0 Å². The molecule has 170 valence electrons. The van der Waals surface area contributed by atoms with Crippen molar-refractivity contribution in [3.05, 3.63) is 94.0 Å². The number of nitrogens with two attached hydrogens (primary N) is 1. The predicted molar refractivity (Wildman–Crippen MR) is 126 cm³/mol. The maximum Gasteiger partial charge on any atom is 0.257 e. The van der Waals surface area contributed by atoms with Crippen LogP contribution in [-0.4, -0.2) is 31.1 Å². The van der Waals surface area contributed by atoms with Crippen molar-refractivity contribution in [1.82, 2.24) is 4.31 Å². The molecule has 9 heteroatoms. The van der Waals surface area contributed by atoms with Gasteiger partial charge < -0.3 is 11.1 Å². The first-order valence-corrected chi connectivity index (χ1v) is 12.1. The number of fused-ring (bicyclic) bond motifs is 1. The van der Waals surface area contributed by atoms with Crippen LogP contribution in [0.5, 0.6) is 0 Å². The Kier molecular flexibility index (Phi) is 6.51. The van der Waals surface area contributed by atoms with Gasteiger partial charge in [0.2, 0.25) is 15.9 Å². The molecule has 0 spiro atoms. The summed E-state index contributed by atoms with van der Waals surface area (Å²) in [7, 11) is -3.84. The minimum absolute atomic E-state index is 0.0122. The highest BCUT2D eigenvalue weighted by Gasteiger charge is 2.29. The lowest BCUT2D eigenvalue weighted by molar-refractivity contribution is -0.117. The average Bonchev–Trinajstić information content (AvgIpc) is 2.79. The van der Waals surface area contributed by atoms with Crippen LogP contribution in [0.4, 0.5) is 5.69 Å². The first-order valence-electron chi connectivity index (χ1n) is 10.3. The number of primary amides is 1. The molecule has 33 heavy (non-hydrogen) atoms. The molecule has 1 aliphatic rings. The van der Waals surface area contributed by atoms with Gasteiger partial charge in [0.1, 0.15) is 0 Å². The summed E-state index contributed by atoms with van der Waals surface area (Å²) in [6.07, 6.45) is 0.571. The van der Waals surface area contributed by atoms with Gasteiger partial charge in [-0.1, -0.05) is 54.1 Å². The van der Waals surface area contributed by atoms with Crippen LogP contribution in [0.3, 0.4) is 0 Å². The summed E-state index contributed by atoms with van der Waals surface area (Å²) in [6, 6.07) is 18.6. The Bertz CT molecular complexity index is 1340. The van der Waals surface area contributed by atoms with Crippen molar-refractivity contribution >= 4 is 39.1 Å². The largest absolute Gasteiger partial charge is 0.369 e. The SMILES string of the molecule is NC(=O)Cc1ccccc1NC(=O)c1cc(S(=O)(=O)N2CCc3ccccc3C2)ccc1Cl. The van der Waals surface area contributed by atoms with Gasteiger partial charge in [-0.05, 0) is 47.4 Å². The maximum atomic E-state index is 13.3. The number of nitrogens with zero attached hydrogens (tertiary/aromatic N) is 1. The maximum absolute atomic E-state index is 13.3. The van der Waals surface area contributed by atoms with E-state index in [-0.39, 0.29) is 28.4 Å². The lowest BCUT2D eigenvalue weighted by Crippen LogP contribution is -2.36. The minimum Gasteiger partial charge on any atom is -0.369 e. The fourth-order valence-corrected chi connectivity index (χ4v) is 5.49. The Morgan fingerprint density at radius 2 is 1.70 bits per heavy atom. The Morgan fingerprint density at radius 1 is 1.00 bits per heavy atom. The molecule has 1 heterocycles. The lowest BCUT2D eigenvalue weighted by atomic mass is 10.0. The predicted octanol–water partition coefficient (Wildman–Crippen LogP) is 3.37. The molecule has 0 saturated carbocycles. The molecule has 7 nitrogen and oxygen atoms in total. The number of para-hydroxylation sites is 1. The molecule has 0 fully saturated rings. The highest BCUT2D eigenvalue weighted by atomic mass is 35.5. The van der Waals surface area contributed by atoms with Crippen LogP contribution in [0.15, 0.2) is 71.6 Å². The molecule has 0 aromatic heterocycles. The molecule has 1 aliphatic heterocycles. The molecule has 2 amide bonds. The molecule has 0 bridgehead atoms. The quantitative estimate of drug-likeness (QED) is 0.560. The van der Waals surface area contributed by atoms with Crippen molar-refractivity contribution in [2.24, 2.45) is 5.73 Å². The number of hydrogen-bond donors (Lipinski definition) is 2. The molecule has 3 aromatic rings. The van der Waals surface area contributed by atoms with E-state index >= 15 is 0 Å². The summed E-state index contributed by atoms with van der Waals surface area (Å²) in [5.41, 5.74) is 8.35. The zero-order chi connectivity index (χ0) is 23.6. The normalized spacial score (nSPS) is 13.8. The van der Waals surface area contributed by atoms with Crippen molar-refractivity contribution in [3.8, 4) is 0 Å². The van der Waals surface area contributed by atoms with Crippen molar-refractivity contribution in [2.75, 3.05) is 11.9 Å². The van der Waals surface area contributed by atoms with Gasteiger partial charge in [-0.2, -0.15) is 4.31 Å². The van der Waals surface area contributed by atoms with Gasteiger partial charge in [0.05, 0.1) is 21.9 Å². The van der Waals surface area contributed by atoms with Crippen molar-refractivity contribution in [2.45, 2.75) is 24.3 Å². The number of nitrogens with one attached hydrogen (secondary N) is 1. The molecule has 0 unspecified atom stereocenters. The number of sulfonamides is 1. The summed E-state index contributed by atoms with van der Waals surface area (Å²) >= 11 is 6.24. The molecular formula is C24H22ClN3O4S. The molecular weight excluding hydrogens is 462 g/mol. The van der Waals surface area contributed by atoms with Crippen molar-refractivity contribution < 1.29 is 18.0 Å². The number of hydrogen-bond acceptors (Lipinski definition) is 4. The Hall–Kier alpha value is -3.20. The standard InChI is InChI=1S/C24H22ClN3O4S/c25-21-10-9-19(33(31,32)28-12-11-16-5-1-2-7-18(16)15-28)14-20(21)24(30)27-22-8-4-3-6-17(22)13-23(26)29/h1-10,14H,11-13,15H2,(H2,26,29)(H,27,30). The van der Waals surface area contributed by atoms with E-state index in [2.05, 4.69) is 5.32 Å². The molecule has 0 saturated heterocycles. The third-order valence-electron chi connectivity index (χ3n) is 5.55. The molecule has 0 atom stereocenters. The van der Waals surface area contributed by atoms with Gasteiger partial charge in [-0.15, -0.1) is 0 Å². The molecule has 0 radical (unpaired) electrons. The second kappa shape index (κ2) is 9.35. The summed E-state index contributed by atoms with van der Waals surface area (Å²) in [6.45, 7) is 0.618. The smallest absolute Gasteiger partial charge is 0.257 e. The highest BCUT2D eigenvalue weighted by molar-refractivity contribution is 7.89. The van der Waals surface area contributed by atoms with E-state index in [4.69, 9.17) is 17.3 Å². The number of amides is 2. The van der Waals surface area contributed by atoms with Crippen LogP contribution in [0.1, 0.15) is 27.0 Å². The van der Waals surface area contributed by atoms with E-state index in [0.717, 1.165) is 11.1 Å². The fraction of sp³-hybridized carbons (Fsp3) is 0.167. The number of carbonyl (C=O) groups excluding carboxylic acids is 2. The molecule has 0 aliphatic carbocycles. The number of halogens is 1. The van der Waals surface area contributed by atoms with Crippen LogP contribution in [0.2, 0.25) is 5.02 Å². The first kappa shape index (κ1) is 23.0. The van der Waals surface area contributed by atoms with Gasteiger partial charge in [0.15, 0.2) is 0 Å². The van der Waals surface area contributed by atoms with Gasteiger partial charge in [-0.3, -0.25) is 9.59 Å². The first-order chi connectivity index (χ1) is 15.8. The van der Waals surface area contributed by atoms with Gasteiger partial charge in [-0.25, -0.2) is 8.42 Å². The number of anilines is 1. The minimum atomic E-state index is -3.84. The number of benzene rings is 3. The fourth-order valence-electron chi connectivity index (χ4n) is 3.84. The topological polar surface area (TPSA) is 110 Å². The van der Waals surface area contributed by atoms with E-state index < -0.39 is 21.8 Å². The summed E-state index contributed by atoms with van der Waals surface area (Å²) in [5, 5.41) is 2.82. The zero-order valence-electron chi connectivity index (χ0n) is 17.6. The lowest BCUT2D eigenvalue weighted by Gasteiger charge is -2.28. The van der Waals surface area contributed by atoms with Crippen LogP contribution in [-0.2, 0) is 34.2 Å². The average molecular weight is 484 g/mol. The Balaban J connectivity index is 1.61. The monoisotopic (exact) mass is 483 g/mol. The number of rotatable bonds is 6. The summed E-state index contributed by atoms with van der Waals surface area (Å²) in [5.74, 6) is -1.12. The summed E-state index contributed by atoms with van der Waals surface area (Å²) in [4.78, 5) is 24.3. The second-order valence-corrected chi connectivity index (χ2v) is 10.1. The zero-order valence-corrected chi connectivity index (χ0v) is 19.2. The van der Waals surface area contributed by atoms with E-state index in [1.165, 1.54) is 22.5 Å². The molecule has 3 N–H and O–H groups in total. The third kappa shape index (κ3) is 4.93. The van der Waals surface area contributed by atoms with E-state index in [0.29, 0.717) is 24.2 Å². The van der Waals surface area contributed by atoms with E-state index in [1.54, 1.807) is 24.3 Å². The van der Waals surface area contributed by atoms with Crippen LogP contribution < -0.4 is 11.1 Å². The Morgan fingerprint density at radius 3 is 2.45 bits per heavy atom. The molecule has 3 aromatic carbocycles. The van der Waals surface area contributed by atoms with E-state index in [9.17, 15) is 18.0 Å². The van der Waals surface area contributed by atoms with Gasteiger partial charge in [0.25, 0.3) is 5.91 Å². The van der Waals surface area contributed by atoms with Crippen LogP contribution >= 0.6 is 11.6 Å². The second-order valence-electron chi connectivity index (χ2n) is 7.75. The molecule has 4 rings (SSSR count). The van der Waals surface area contributed by atoms with Crippen molar-refractivity contribution in [1.29, 1.82) is 0 Å². The highest BCUT2D eigenvalue weighted by Crippen LogP contribution is 2.28. The van der Waals surface area contributed by atoms with Gasteiger partial charge in [0, 0.05) is 18.8 Å². The van der Waals surface area contributed by atoms with Crippen LogP contribution in [0, 0.1) is 0 Å². The van der Waals surface area contributed by atoms with E-state index in [1.807, 2.05) is 24.3 Å².